The van der Waals surface area contributed by atoms with E-state index >= 15 is 0 Å². The molecule has 0 spiro atoms. The molecule has 1 fully saturated rings. The number of allylic oxidation sites excluding steroid dienone is 3. The van der Waals surface area contributed by atoms with Crippen LogP contribution in [0.5, 0.6) is 0 Å². The van der Waals surface area contributed by atoms with Crippen molar-refractivity contribution in [3.8, 4) is 0 Å². The van der Waals surface area contributed by atoms with E-state index in [-0.39, 0.29) is 30.5 Å². The van der Waals surface area contributed by atoms with E-state index in [4.69, 9.17) is 5.11 Å². The van der Waals surface area contributed by atoms with Gasteiger partial charge in [0.1, 0.15) is 5.78 Å². The van der Waals surface area contributed by atoms with Crippen molar-refractivity contribution in [3.05, 3.63) is 60.2 Å². The van der Waals surface area contributed by atoms with E-state index in [1.807, 2.05) is 36.4 Å². The summed E-state index contributed by atoms with van der Waals surface area (Å²) in [7, 11) is 0. The number of benzene rings is 1. The number of rotatable bonds is 11. The van der Waals surface area contributed by atoms with Crippen molar-refractivity contribution in [1.29, 1.82) is 0 Å². The largest absolute Gasteiger partial charge is 0.481 e. The lowest BCUT2D eigenvalue weighted by Crippen LogP contribution is -2.17. The Labute approximate surface area is 161 Å². The normalized spacial score (nSPS) is 22.9. The van der Waals surface area contributed by atoms with Gasteiger partial charge in [0.2, 0.25) is 0 Å². The van der Waals surface area contributed by atoms with Crippen LogP contribution in [-0.2, 0) is 16.0 Å². The van der Waals surface area contributed by atoms with Gasteiger partial charge in [0.05, 0.1) is 6.10 Å². The minimum atomic E-state index is -0.782. The van der Waals surface area contributed by atoms with Crippen LogP contribution in [0.1, 0.15) is 50.5 Å². The van der Waals surface area contributed by atoms with Crippen molar-refractivity contribution in [3.63, 3.8) is 0 Å². The zero-order valence-electron chi connectivity index (χ0n) is 15.8. The van der Waals surface area contributed by atoms with E-state index in [2.05, 4.69) is 18.2 Å². The van der Waals surface area contributed by atoms with Gasteiger partial charge in [0.25, 0.3) is 0 Å². The molecule has 0 saturated heterocycles. The maximum absolute atomic E-state index is 12.2. The van der Waals surface area contributed by atoms with Crippen LogP contribution in [-0.4, -0.2) is 28.1 Å². The summed E-state index contributed by atoms with van der Waals surface area (Å²) in [5, 5.41) is 18.8. The minimum Gasteiger partial charge on any atom is -0.481 e. The lowest BCUT2D eigenvalue weighted by molar-refractivity contribution is -0.137. The number of aliphatic carboxylic acids is 1. The maximum atomic E-state index is 12.2. The third-order valence-electron chi connectivity index (χ3n) is 5.09. The Morgan fingerprint density at radius 3 is 2.56 bits per heavy atom. The quantitative estimate of drug-likeness (QED) is 0.449. The number of unbranched alkanes of at least 4 members (excludes halogenated alkanes) is 2. The Morgan fingerprint density at radius 1 is 1.07 bits per heavy atom. The maximum Gasteiger partial charge on any atom is 0.303 e. The van der Waals surface area contributed by atoms with Crippen molar-refractivity contribution in [2.75, 3.05) is 0 Å². The van der Waals surface area contributed by atoms with E-state index in [1.54, 1.807) is 0 Å². The molecule has 3 atom stereocenters. The first-order chi connectivity index (χ1) is 13.1. The standard InChI is InChI=1S/C23H30O4/c24-21-17-22(25)20(19(21)14-8-1-2-10-16-23(26)27)15-9-4-7-13-18-11-5-3-6-12-18/h1,3,5-6,8-9,11-12,15,19-20,22,25H,2,4,7,10,13-14,16-17H2,(H,26,27)/b8-1+,15-9+/t19-,20?,22-/m1/s1. The fourth-order valence-corrected chi connectivity index (χ4v) is 3.58. The number of aliphatic hydroxyl groups is 1. The van der Waals surface area contributed by atoms with Gasteiger partial charge in [-0.25, -0.2) is 0 Å². The predicted octanol–water partition coefficient (Wildman–Crippen LogP) is 4.33. The number of aryl methyl sites for hydroxylation is 1. The lowest BCUT2D eigenvalue weighted by atomic mass is 9.90. The Kier molecular flexibility index (Phi) is 8.99. The lowest BCUT2D eigenvalue weighted by Gasteiger charge is -2.15. The molecule has 4 nitrogen and oxygen atoms in total. The molecule has 27 heavy (non-hydrogen) atoms. The molecule has 146 valence electrons. The summed E-state index contributed by atoms with van der Waals surface area (Å²) in [5.74, 6) is -0.939. The molecule has 0 radical (unpaired) electrons. The summed E-state index contributed by atoms with van der Waals surface area (Å²) >= 11 is 0. The summed E-state index contributed by atoms with van der Waals surface area (Å²) in [5.41, 5.74) is 1.33. The monoisotopic (exact) mass is 370 g/mol. The van der Waals surface area contributed by atoms with Gasteiger partial charge in [-0.1, -0.05) is 54.6 Å². The van der Waals surface area contributed by atoms with Crippen molar-refractivity contribution in [2.24, 2.45) is 11.8 Å². The molecule has 0 amide bonds. The van der Waals surface area contributed by atoms with Crippen LogP contribution >= 0.6 is 0 Å². The fourth-order valence-electron chi connectivity index (χ4n) is 3.58. The van der Waals surface area contributed by atoms with Crippen LogP contribution in [0, 0.1) is 11.8 Å². The third-order valence-corrected chi connectivity index (χ3v) is 5.09. The predicted molar refractivity (Wildman–Crippen MR) is 106 cm³/mol. The molecule has 0 aromatic heterocycles. The molecule has 0 bridgehead atoms. The highest BCUT2D eigenvalue weighted by atomic mass is 16.4. The summed E-state index contributed by atoms with van der Waals surface area (Å²) < 4.78 is 0. The van der Waals surface area contributed by atoms with Gasteiger partial charge in [-0.2, -0.15) is 0 Å². The summed E-state index contributed by atoms with van der Waals surface area (Å²) in [4.78, 5) is 22.7. The number of carboxylic acids is 1. The van der Waals surface area contributed by atoms with Crippen molar-refractivity contribution >= 4 is 11.8 Å². The van der Waals surface area contributed by atoms with E-state index < -0.39 is 12.1 Å². The highest BCUT2D eigenvalue weighted by molar-refractivity contribution is 5.84. The van der Waals surface area contributed by atoms with Gasteiger partial charge in [0, 0.05) is 24.7 Å². The number of ketones is 1. The first-order valence-corrected chi connectivity index (χ1v) is 9.86. The number of carbonyl (C=O) groups excluding carboxylic acids is 1. The summed E-state index contributed by atoms with van der Waals surface area (Å²) in [6.07, 6.45) is 12.8. The molecule has 1 unspecified atom stereocenters. The van der Waals surface area contributed by atoms with E-state index in [0.29, 0.717) is 19.3 Å². The molecular formula is C23H30O4. The van der Waals surface area contributed by atoms with E-state index in [0.717, 1.165) is 19.3 Å². The Bertz CT molecular complexity index is 648. The second-order valence-electron chi connectivity index (χ2n) is 7.22. The average molecular weight is 370 g/mol. The fraction of sp³-hybridized carbons (Fsp3) is 0.478. The van der Waals surface area contributed by atoms with E-state index in [9.17, 15) is 14.7 Å². The number of carboxylic acid groups (broad SMARTS) is 1. The molecule has 4 heteroatoms. The number of Topliss-reactive ketones (excluding diaryl/α,β-unsaturated/α-hetero) is 1. The number of carbonyl (C=O) groups is 2. The molecule has 1 aromatic rings. The molecule has 2 rings (SSSR count). The zero-order valence-corrected chi connectivity index (χ0v) is 15.8. The van der Waals surface area contributed by atoms with Crippen LogP contribution in [0.25, 0.3) is 0 Å². The second-order valence-corrected chi connectivity index (χ2v) is 7.22. The molecule has 0 heterocycles. The van der Waals surface area contributed by atoms with Gasteiger partial charge in [-0.05, 0) is 44.1 Å². The topological polar surface area (TPSA) is 74.6 Å². The van der Waals surface area contributed by atoms with Gasteiger partial charge in [-0.15, -0.1) is 0 Å². The molecule has 1 saturated carbocycles. The number of aliphatic hydroxyl groups excluding tert-OH is 1. The van der Waals surface area contributed by atoms with Crippen LogP contribution in [0.3, 0.4) is 0 Å². The SMILES string of the molecule is O=C(O)CCC/C=C/C[C@H]1C(=O)C[C@@H](O)C1/C=C/CCCc1ccccc1. The van der Waals surface area contributed by atoms with Gasteiger partial charge >= 0.3 is 5.97 Å². The summed E-state index contributed by atoms with van der Waals surface area (Å²) in [6.45, 7) is 0. The molecule has 1 aromatic carbocycles. The van der Waals surface area contributed by atoms with Gasteiger partial charge in [-0.3, -0.25) is 9.59 Å². The smallest absolute Gasteiger partial charge is 0.303 e. The van der Waals surface area contributed by atoms with Crippen LogP contribution in [0.2, 0.25) is 0 Å². The Morgan fingerprint density at radius 2 is 1.81 bits per heavy atom. The van der Waals surface area contributed by atoms with Gasteiger partial charge < -0.3 is 10.2 Å². The molecule has 1 aliphatic rings. The molecular weight excluding hydrogens is 340 g/mol. The highest BCUT2D eigenvalue weighted by Crippen LogP contribution is 2.33. The van der Waals surface area contributed by atoms with Crippen molar-refractivity contribution in [2.45, 2.75) is 57.5 Å². The van der Waals surface area contributed by atoms with Gasteiger partial charge in [0.15, 0.2) is 0 Å². The van der Waals surface area contributed by atoms with Crippen molar-refractivity contribution < 1.29 is 19.8 Å². The molecule has 0 aliphatic heterocycles. The Hall–Kier alpha value is -2.20. The zero-order chi connectivity index (χ0) is 19.5. The van der Waals surface area contributed by atoms with E-state index in [1.165, 1.54) is 5.56 Å². The third kappa shape index (κ3) is 7.51. The van der Waals surface area contributed by atoms with Crippen LogP contribution < -0.4 is 0 Å². The average Bonchev–Trinajstić information content (AvgIpc) is 2.91. The Balaban J connectivity index is 1.75. The van der Waals surface area contributed by atoms with Crippen LogP contribution in [0.15, 0.2) is 54.6 Å². The summed E-state index contributed by atoms with van der Waals surface area (Å²) in [6, 6.07) is 10.4. The highest BCUT2D eigenvalue weighted by Gasteiger charge is 2.38. The number of hydrogen-bond acceptors (Lipinski definition) is 3. The minimum absolute atomic E-state index is 0.113. The first kappa shape index (κ1) is 21.1. The van der Waals surface area contributed by atoms with Crippen LogP contribution in [0.4, 0.5) is 0 Å². The first-order valence-electron chi connectivity index (χ1n) is 9.86. The molecule has 1 aliphatic carbocycles. The number of hydrogen-bond donors (Lipinski definition) is 2. The molecule has 2 N–H and O–H groups in total. The second kappa shape index (κ2) is 11.5. The van der Waals surface area contributed by atoms with Crippen molar-refractivity contribution in [1.82, 2.24) is 0 Å².